The van der Waals surface area contributed by atoms with Gasteiger partial charge in [0.1, 0.15) is 0 Å². The Kier molecular flexibility index (Phi) is 4.32. The average molecular weight is 365 g/mol. The topological polar surface area (TPSA) is 29.1 Å². The summed E-state index contributed by atoms with van der Waals surface area (Å²) in [5, 5.41) is 3.87. The average Bonchev–Trinajstić information content (AvgIpc) is 3.31. The molecule has 1 aliphatic rings. The standard InChI is InChI=1S/C17H15BrClNO/c18-15-4-2-1-3-14(15)17(21)20-16(11-5-6-11)12-7-9-13(19)10-8-12/h1-4,7-11,16H,5-6H2,(H,20,21). The van der Waals surface area contributed by atoms with E-state index in [4.69, 9.17) is 11.6 Å². The molecule has 0 heterocycles. The molecule has 21 heavy (non-hydrogen) atoms. The fraction of sp³-hybridized carbons (Fsp3) is 0.235. The van der Waals surface area contributed by atoms with E-state index in [2.05, 4.69) is 21.2 Å². The molecule has 1 N–H and O–H groups in total. The van der Waals surface area contributed by atoms with Crippen molar-refractivity contribution >= 4 is 33.4 Å². The summed E-state index contributed by atoms with van der Waals surface area (Å²) in [6.45, 7) is 0. The van der Waals surface area contributed by atoms with E-state index in [1.165, 1.54) is 0 Å². The van der Waals surface area contributed by atoms with Crippen LogP contribution in [0, 0.1) is 5.92 Å². The minimum atomic E-state index is -0.0469. The molecule has 2 aromatic carbocycles. The molecular formula is C17H15BrClNO. The lowest BCUT2D eigenvalue weighted by Crippen LogP contribution is -2.30. The number of nitrogens with one attached hydrogen (secondary N) is 1. The summed E-state index contributed by atoms with van der Waals surface area (Å²) in [6, 6.07) is 15.3. The molecule has 1 aliphatic carbocycles. The van der Waals surface area contributed by atoms with Gasteiger partial charge >= 0.3 is 0 Å². The Morgan fingerprint density at radius 3 is 2.43 bits per heavy atom. The van der Waals surface area contributed by atoms with Crippen LogP contribution in [-0.4, -0.2) is 5.91 Å². The van der Waals surface area contributed by atoms with Crippen LogP contribution >= 0.6 is 27.5 Å². The maximum atomic E-state index is 12.5. The summed E-state index contributed by atoms with van der Waals surface area (Å²) in [4.78, 5) is 12.5. The van der Waals surface area contributed by atoms with Crippen molar-refractivity contribution in [2.45, 2.75) is 18.9 Å². The maximum Gasteiger partial charge on any atom is 0.252 e. The molecule has 1 saturated carbocycles. The third-order valence-electron chi connectivity index (χ3n) is 3.73. The van der Waals surface area contributed by atoms with Crippen LogP contribution in [0.25, 0.3) is 0 Å². The van der Waals surface area contributed by atoms with Crippen LogP contribution in [0.4, 0.5) is 0 Å². The zero-order valence-corrected chi connectivity index (χ0v) is 13.7. The van der Waals surface area contributed by atoms with E-state index in [9.17, 15) is 4.79 Å². The van der Waals surface area contributed by atoms with E-state index in [1.54, 1.807) is 0 Å². The first kappa shape index (κ1) is 14.6. The fourth-order valence-electron chi connectivity index (χ4n) is 2.44. The molecule has 3 rings (SSSR count). The highest BCUT2D eigenvalue weighted by atomic mass is 79.9. The monoisotopic (exact) mass is 363 g/mol. The van der Waals surface area contributed by atoms with E-state index < -0.39 is 0 Å². The van der Waals surface area contributed by atoms with Gasteiger partial charge in [0, 0.05) is 9.50 Å². The van der Waals surface area contributed by atoms with Gasteiger partial charge in [-0.25, -0.2) is 0 Å². The molecule has 0 saturated heterocycles. The smallest absolute Gasteiger partial charge is 0.252 e. The summed E-state index contributed by atoms with van der Waals surface area (Å²) < 4.78 is 0.813. The molecule has 0 aliphatic heterocycles. The zero-order valence-electron chi connectivity index (χ0n) is 11.4. The van der Waals surface area contributed by atoms with Gasteiger partial charge in [-0.2, -0.15) is 0 Å². The van der Waals surface area contributed by atoms with Crippen molar-refractivity contribution in [2.75, 3.05) is 0 Å². The Bertz CT molecular complexity index is 652. The van der Waals surface area contributed by atoms with Crippen molar-refractivity contribution in [1.29, 1.82) is 0 Å². The molecule has 108 valence electrons. The summed E-state index contributed by atoms with van der Waals surface area (Å²) in [5.41, 5.74) is 1.78. The van der Waals surface area contributed by atoms with Gasteiger partial charge < -0.3 is 5.32 Å². The lowest BCUT2D eigenvalue weighted by molar-refractivity contribution is 0.0931. The highest BCUT2D eigenvalue weighted by molar-refractivity contribution is 9.10. The van der Waals surface area contributed by atoms with Crippen molar-refractivity contribution in [3.63, 3.8) is 0 Å². The lowest BCUT2D eigenvalue weighted by Gasteiger charge is -2.19. The van der Waals surface area contributed by atoms with Crippen LogP contribution in [0.15, 0.2) is 53.0 Å². The lowest BCUT2D eigenvalue weighted by atomic mass is 10.0. The molecule has 0 bridgehead atoms. The number of carbonyl (C=O) groups excluding carboxylic acids is 1. The Labute approximate surface area is 137 Å². The molecule has 1 amide bonds. The Morgan fingerprint density at radius 2 is 1.81 bits per heavy atom. The van der Waals surface area contributed by atoms with Crippen molar-refractivity contribution in [1.82, 2.24) is 5.32 Å². The second-order valence-corrected chi connectivity index (χ2v) is 6.61. The molecule has 0 aromatic heterocycles. The highest BCUT2D eigenvalue weighted by Crippen LogP contribution is 2.41. The number of amides is 1. The molecule has 2 nitrogen and oxygen atoms in total. The number of carbonyl (C=O) groups is 1. The second-order valence-electron chi connectivity index (χ2n) is 5.32. The first-order valence-corrected chi connectivity index (χ1v) is 8.13. The molecule has 0 spiro atoms. The van der Waals surface area contributed by atoms with Crippen molar-refractivity contribution in [2.24, 2.45) is 5.92 Å². The van der Waals surface area contributed by atoms with E-state index in [0.717, 1.165) is 22.9 Å². The quantitative estimate of drug-likeness (QED) is 0.814. The van der Waals surface area contributed by atoms with Gasteiger partial charge in [0.05, 0.1) is 11.6 Å². The van der Waals surface area contributed by atoms with Gasteiger partial charge in [0.2, 0.25) is 0 Å². The summed E-state index contributed by atoms with van der Waals surface area (Å²) >= 11 is 9.37. The Hall–Kier alpha value is -1.32. The van der Waals surface area contributed by atoms with Gasteiger partial charge in [-0.3, -0.25) is 4.79 Å². The van der Waals surface area contributed by atoms with Gasteiger partial charge in [0.25, 0.3) is 5.91 Å². The molecule has 1 unspecified atom stereocenters. The van der Waals surface area contributed by atoms with Crippen LogP contribution in [0.1, 0.15) is 34.8 Å². The number of hydrogen-bond donors (Lipinski definition) is 1. The Morgan fingerprint density at radius 1 is 1.14 bits per heavy atom. The summed E-state index contributed by atoms with van der Waals surface area (Å²) in [5.74, 6) is 0.479. The van der Waals surface area contributed by atoms with Gasteiger partial charge in [-0.1, -0.05) is 35.9 Å². The first-order chi connectivity index (χ1) is 10.1. The molecular weight excluding hydrogens is 350 g/mol. The largest absolute Gasteiger partial charge is 0.345 e. The Balaban J connectivity index is 1.81. The molecule has 1 atom stereocenters. The van der Waals surface area contributed by atoms with Crippen molar-refractivity contribution in [3.05, 3.63) is 69.2 Å². The van der Waals surface area contributed by atoms with Crippen LogP contribution in [-0.2, 0) is 0 Å². The van der Waals surface area contributed by atoms with Gasteiger partial charge in [-0.05, 0) is 64.5 Å². The fourth-order valence-corrected chi connectivity index (χ4v) is 3.03. The first-order valence-electron chi connectivity index (χ1n) is 6.96. The predicted octanol–water partition coefficient (Wildman–Crippen LogP) is 4.98. The molecule has 0 radical (unpaired) electrons. The molecule has 4 heteroatoms. The molecule has 2 aromatic rings. The number of halogens is 2. The maximum absolute atomic E-state index is 12.5. The minimum absolute atomic E-state index is 0.0469. The van der Waals surface area contributed by atoms with Crippen LogP contribution in [0.3, 0.4) is 0 Å². The van der Waals surface area contributed by atoms with Crippen molar-refractivity contribution < 1.29 is 4.79 Å². The van der Waals surface area contributed by atoms with E-state index >= 15 is 0 Å². The number of benzene rings is 2. The SMILES string of the molecule is O=C(NC(c1ccc(Cl)cc1)C1CC1)c1ccccc1Br. The summed E-state index contributed by atoms with van der Waals surface area (Å²) in [6.07, 6.45) is 2.31. The predicted molar refractivity (Wildman–Crippen MR) is 88.5 cm³/mol. The molecule has 1 fully saturated rings. The van der Waals surface area contributed by atoms with Gasteiger partial charge in [-0.15, -0.1) is 0 Å². The van der Waals surface area contributed by atoms with E-state index in [-0.39, 0.29) is 11.9 Å². The third-order valence-corrected chi connectivity index (χ3v) is 4.67. The normalized spacial score (nSPS) is 15.5. The van der Waals surface area contributed by atoms with E-state index in [1.807, 2.05) is 48.5 Å². The minimum Gasteiger partial charge on any atom is -0.345 e. The van der Waals surface area contributed by atoms with Crippen LogP contribution < -0.4 is 5.32 Å². The number of rotatable bonds is 4. The second kappa shape index (κ2) is 6.20. The zero-order chi connectivity index (χ0) is 14.8. The van der Waals surface area contributed by atoms with Gasteiger partial charge in [0.15, 0.2) is 0 Å². The van der Waals surface area contributed by atoms with E-state index in [0.29, 0.717) is 16.5 Å². The van der Waals surface area contributed by atoms with Crippen LogP contribution in [0.2, 0.25) is 5.02 Å². The third kappa shape index (κ3) is 3.47. The van der Waals surface area contributed by atoms with Crippen molar-refractivity contribution in [3.8, 4) is 0 Å². The number of hydrogen-bond acceptors (Lipinski definition) is 1. The van der Waals surface area contributed by atoms with Crippen LogP contribution in [0.5, 0.6) is 0 Å². The summed E-state index contributed by atoms with van der Waals surface area (Å²) in [7, 11) is 0. The highest BCUT2D eigenvalue weighted by Gasteiger charge is 2.33.